The molecule has 1 fully saturated rings. The van der Waals surface area contributed by atoms with E-state index in [1.807, 2.05) is 6.92 Å². The first kappa shape index (κ1) is 13.2. The van der Waals surface area contributed by atoms with Crippen molar-refractivity contribution in [3.63, 3.8) is 0 Å². The molecule has 0 amide bonds. The molecule has 0 aromatic carbocycles. The molecule has 1 aliphatic carbocycles. The molecular weight excluding hydrogens is 248 g/mol. The Morgan fingerprint density at radius 3 is 2.72 bits per heavy atom. The largest absolute Gasteiger partial charge is 0.465 e. The Morgan fingerprint density at radius 2 is 2.17 bits per heavy atom. The molecule has 1 N–H and O–H groups in total. The Balaban J connectivity index is 2.24. The molecule has 5 heteroatoms. The summed E-state index contributed by atoms with van der Waals surface area (Å²) in [5, 5.41) is 0. The summed E-state index contributed by atoms with van der Waals surface area (Å²) < 4.78 is 5.04. The van der Waals surface area contributed by atoms with Crippen LogP contribution in [-0.2, 0) is 11.2 Å². The molecule has 0 radical (unpaired) electrons. The molecule has 1 heterocycles. The van der Waals surface area contributed by atoms with Crippen LogP contribution in [0.5, 0.6) is 0 Å². The molecule has 1 saturated carbocycles. The van der Waals surface area contributed by atoms with Gasteiger partial charge in [-0.1, -0.05) is 37.9 Å². The lowest BCUT2D eigenvalue weighted by molar-refractivity contribution is 0.0598. The van der Waals surface area contributed by atoms with Gasteiger partial charge < -0.3 is 9.72 Å². The van der Waals surface area contributed by atoms with Gasteiger partial charge in [-0.2, -0.15) is 0 Å². The quantitative estimate of drug-likeness (QED) is 0.675. The number of ether oxygens (including phenoxy) is 1. The van der Waals surface area contributed by atoms with E-state index in [9.17, 15) is 4.79 Å². The lowest BCUT2D eigenvalue weighted by atomic mass is 10.0. The fourth-order valence-corrected chi connectivity index (χ4v) is 2.92. The third-order valence-corrected chi connectivity index (χ3v) is 3.80. The second kappa shape index (κ2) is 5.61. The Bertz CT molecular complexity index is 504. The summed E-state index contributed by atoms with van der Waals surface area (Å²) in [5.74, 6) is 1.16. The highest BCUT2D eigenvalue weighted by Crippen LogP contribution is 2.27. The van der Waals surface area contributed by atoms with Crippen molar-refractivity contribution in [1.82, 2.24) is 9.97 Å². The topological polar surface area (TPSA) is 55.0 Å². The second-order valence-corrected chi connectivity index (χ2v) is 5.22. The molecule has 2 rings (SSSR count). The van der Waals surface area contributed by atoms with Gasteiger partial charge in [0.25, 0.3) is 0 Å². The zero-order valence-electron chi connectivity index (χ0n) is 10.8. The van der Waals surface area contributed by atoms with Gasteiger partial charge in [-0.25, -0.2) is 9.78 Å². The minimum atomic E-state index is -0.423. The number of aryl methyl sites for hydroxylation is 1. The average Bonchev–Trinajstić information content (AvgIpc) is 2.80. The van der Waals surface area contributed by atoms with Gasteiger partial charge in [0.05, 0.1) is 7.11 Å². The summed E-state index contributed by atoms with van der Waals surface area (Å²) in [5.41, 5.74) is 1.12. The molecule has 0 spiro atoms. The van der Waals surface area contributed by atoms with Gasteiger partial charge in [0, 0.05) is 12.1 Å². The maximum Gasteiger partial charge on any atom is 0.342 e. The molecular formula is C13H18N2O2S. The molecule has 0 aliphatic heterocycles. The number of hydrogen-bond donors (Lipinski definition) is 1. The summed E-state index contributed by atoms with van der Waals surface area (Å²) in [6, 6.07) is 0. The van der Waals surface area contributed by atoms with Crippen LogP contribution in [0.1, 0.15) is 47.6 Å². The van der Waals surface area contributed by atoms with Crippen LogP contribution >= 0.6 is 12.2 Å². The third kappa shape index (κ3) is 2.77. The van der Waals surface area contributed by atoms with Gasteiger partial charge in [0.2, 0.25) is 0 Å². The van der Waals surface area contributed by atoms with Crippen LogP contribution in [0.15, 0.2) is 0 Å². The van der Waals surface area contributed by atoms with Crippen LogP contribution in [0.4, 0.5) is 0 Å². The van der Waals surface area contributed by atoms with Gasteiger partial charge in [-0.15, -0.1) is 0 Å². The fourth-order valence-electron chi connectivity index (χ4n) is 2.57. The van der Waals surface area contributed by atoms with Crippen LogP contribution < -0.4 is 0 Å². The van der Waals surface area contributed by atoms with Crippen LogP contribution in [0.2, 0.25) is 0 Å². The first-order valence-corrected chi connectivity index (χ1v) is 6.70. The molecule has 0 unspecified atom stereocenters. The van der Waals surface area contributed by atoms with Crippen LogP contribution in [0.25, 0.3) is 0 Å². The summed E-state index contributed by atoms with van der Waals surface area (Å²) >= 11 is 5.18. The van der Waals surface area contributed by atoms with Crippen LogP contribution in [0, 0.1) is 17.5 Å². The monoisotopic (exact) mass is 266 g/mol. The highest BCUT2D eigenvalue weighted by Gasteiger charge is 2.19. The van der Waals surface area contributed by atoms with E-state index in [1.165, 1.54) is 32.8 Å². The van der Waals surface area contributed by atoms with Gasteiger partial charge in [-0.3, -0.25) is 0 Å². The van der Waals surface area contributed by atoms with Crippen LogP contribution in [-0.4, -0.2) is 23.0 Å². The van der Waals surface area contributed by atoms with Crippen LogP contribution in [0.3, 0.4) is 0 Å². The fraction of sp³-hybridized carbons (Fsp3) is 0.615. The zero-order valence-corrected chi connectivity index (χ0v) is 11.6. The van der Waals surface area contributed by atoms with Crippen molar-refractivity contribution in [2.75, 3.05) is 7.11 Å². The maximum atomic E-state index is 11.6. The van der Waals surface area contributed by atoms with Gasteiger partial charge in [0.15, 0.2) is 0 Å². The first-order chi connectivity index (χ1) is 8.61. The number of carbonyl (C=O) groups is 1. The Hall–Kier alpha value is -1.23. The van der Waals surface area contributed by atoms with Crippen molar-refractivity contribution in [2.45, 2.75) is 39.0 Å². The minimum absolute atomic E-state index is 0.339. The van der Waals surface area contributed by atoms with Gasteiger partial charge in [0.1, 0.15) is 16.0 Å². The van der Waals surface area contributed by atoms with Crippen molar-refractivity contribution in [1.29, 1.82) is 0 Å². The van der Waals surface area contributed by atoms with Crippen molar-refractivity contribution in [3.05, 3.63) is 21.7 Å². The first-order valence-electron chi connectivity index (χ1n) is 6.30. The molecule has 1 aliphatic rings. The number of aromatic nitrogens is 2. The average molecular weight is 266 g/mol. The van der Waals surface area contributed by atoms with E-state index in [1.54, 1.807) is 0 Å². The van der Waals surface area contributed by atoms with Crippen molar-refractivity contribution in [3.8, 4) is 0 Å². The summed E-state index contributed by atoms with van der Waals surface area (Å²) in [4.78, 5) is 19.1. The predicted molar refractivity (Wildman–Crippen MR) is 71.2 cm³/mol. The number of methoxy groups -OCH3 is 1. The Labute approximate surface area is 112 Å². The standard InChI is InChI=1S/C13H18N2O2S/c1-8-11(13(16)17-2)12(18)15-10(14-8)7-9-5-3-4-6-9/h9H,3-7H2,1-2H3,(H,14,15,18). The normalized spacial score (nSPS) is 15.9. The maximum absolute atomic E-state index is 11.6. The number of esters is 1. The van der Waals surface area contributed by atoms with E-state index >= 15 is 0 Å². The molecule has 1 aromatic rings. The van der Waals surface area contributed by atoms with E-state index in [0.717, 1.165) is 17.9 Å². The molecule has 1 aromatic heterocycles. The molecule has 0 bridgehead atoms. The lowest BCUT2D eigenvalue weighted by Gasteiger charge is -2.11. The molecule has 0 atom stereocenters. The van der Waals surface area contributed by atoms with Gasteiger partial charge >= 0.3 is 5.97 Å². The van der Waals surface area contributed by atoms with E-state index in [4.69, 9.17) is 17.0 Å². The summed E-state index contributed by atoms with van der Waals surface area (Å²) in [6.45, 7) is 1.84. The SMILES string of the molecule is COC(=O)c1c(C)[nH]c(CC2CCCC2)nc1=S. The number of nitrogens with one attached hydrogen (secondary N) is 1. The number of nitrogens with zero attached hydrogens (tertiary/aromatic N) is 1. The number of hydrogen-bond acceptors (Lipinski definition) is 4. The van der Waals surface area contributed by atoms with Crippen molar-refractivity contribution in [2.24, 2.45) is 5.92 Å². The third-order valence-electron chi connectivity index (χ3n) is 3.50. The summed E-state index contributed by atoms with van der Waals surface area (Å²) in [7, 11) is 1.35. The van der Waals surface area contributed by atoms with E-state index < -0.39 is 5.97 Å². The van der Waals surface area contributed by atoms with E-state index in [0.29, 0.717) is 16.1 Å². The molecule has 4 nitrogen and oxygen atoms in total. The van der Waals surface area contributed by atoms with Gasteiger partial charge in [-0.05, 0) is 12.8 Å². The Kier molecular flexibility index (Phi) is 4.11. The minimum Gasteiger partial charge on any atom is -0.465 e. The van der Waals surface area contributed by atoms with Crippen molar-refractivity contribution < 1.29 is 9.53 Å². The lowest BCUT2D eigenvalue weighted by Crippen LogP contribution is -2.12. The van der Waals surface area contributed by atoms with E-state index in [-0.39, 0.29) is 0 Å². The number of aromatic amines is 1. The number of carbonyl (C=O) groups excluding carboxylic acids is 1. The second-order valence-electron chi connectivity index (χ2n) is 4.83. The molecule has 98 valence electrons. The molecule has 0 saturated heterocycles. The van der Waals surface area contributed by atoms with E-state index in [2.05, 4.69) is 9.97 Å². The Morgan fingerprint density at radius 1 is 1.50 bits per heavy atom. The van der Waals surface area contributed by atoms with Crippen molar-refractivity contribution >= 4 is 18.2 Å². The highest BCUT2D eigenvalue weighted by atomic mass is 32.1. The zero-order chi connectivity index (χ0) is 13.1. The molecule has 18 heavy (non-hydrogen) atoms. The number of H-pyrrole nitrogens is 1. The highest BCUT2D eigenvalue weighted by molar-refractivity contribution is 7.71. The summed E-state index contributed by atoms with van der Waals surface area (Å²) in [6.07, 6.45) is 6.07. The number of rotatable bonds is 3. The predicted octanol–water partition coefficient (Wildman–Crippen LogP) is 2.97. The smallest absolute Gasteiger partial charge is 0.342 e.